The Bertz CT molecular complexity index is 1810. The molecule has 0 radical (unpaired) electrons. The highest BCUT2D eigenvalue weighted by atomic mass is 35.5. The van der Waals surface area contributed by atoms with Gasteiger partial charge in [0.1, 0.15) is 23.8 Å². The third-order valence-electron chi connectivity index (χ3n) is 7.86. The quantitative estimate of drug-likeness (QED) is 0.195. The molecule has 2 N–H and O–H groups in total. The van der Waals surface area contributed by atoms with Crippen molar-refractivity contribution in [1.29, 1.82) is 0 Å². The minimum absolute atomic E-state index is 0.0348. The van der Waals surface area contributed by atoms with Crippen LogP contribution in [0.5, 0.6) is 5.75 Å². The van der Waals surface area contributed by atoms with Crippen molar-refractivity contribution in [2.45, 2.75) is 49.7 Å². The van der Waals surface area contributed by atoms with Crippen molar-refractivity contribution in [1.82, 2.24) is 9.88 Å². The molecule has 2 saturated carbocycles. The molecule has 2 aliphatic carbocycles. The van der Waals surface area contributed by atoms with Crippen molar-refractivity contribution in [2.24, 2.45) is 0 Å². The van der Waals surface area contributed by atoms with E-state index in [0.29, 0.717) is 50.5 Å². The maximum atomic E-state index is 12.3. The Morgan fingerprint density at radius 2 is 1.72 bits per heavy atom. The van der Waals surface area contributed by atoms with E-state index in [1.807, 2.05) is 10.8 Å². The molecule has 0 bridgehead atoms. The van der Waals surface area contributed by atoms with Gasteiger partial charge in [-0.3, -0.25) is 4.79 Å². The van der Waals surface area contributed by atoms with Gasteiger partial charge in [-0.05, 0) is 73.6 Å². The molecule has 224 valence electrons. The molecule has 2 fully saturated rings. The summed E-state index contributed by atoms with van der Waals surface area (Å²) < 4.78 is 36.7. The zero-order valence-electron chi connectivity index (χ0n) is 22.9. The Morgan fingerprint density at radius 1 is 1.02 bits per heavy atom. The first-order chi connectivity index (χ1) is 20.4. The maximum Gasteiger partial charge on any atom is 0.264 e. The summed E-state index contributed by atoms with van der Waals surface area (Å²) in [4.78, 5) is 12.3. The van der Waals surface area contributed by atoms with Crippen LogP contribution in [0, 0.1) is 0 Å². The van der Waals surface area contributed by atoms with Gasteiger partial charge in [-0.1, -0.05) is 64.2 Å². The molecule has 1 heterocycles. The molecule has 2 aliphatic rings. The minimum Gasteiger partial charge on any atom is -0.489 e. The van der Waals surface area contributed by atoms with Crippen LogP contribution < -0.4 is 9.46 Å². The predicted octanol–water partition coefficient (Wildman–Crippen LogP) is 7.21. The maximum absolute atomic E-state index is 12.3. The number of halogens is 3. The first-order valence-electron chi connectivity index (χ1n) is 13.6. The van der Waals surface area contributed by atoms with Crippen LogP contribution in [0.3, 0.4) is 0 Å². The summed E-state index contributed by atoms with van der Waals surface area (Å²) in [6, 6.07) is 17.2. The Labute approximate surface area is 263 Å². The molecule has 6 rings (SSSR count). The van der Waals surface area contributed by atoms with E-state index in [4.69, 9.17) is 44.1 Å². The molecule has 1 aromatic heterocycles. The third kappa shape index (κ3) is 6.28. The van der Waals surface area contributed by atoms with Crippen molar-refractivity contribution in [3.05, 3.63) is 104 Å². The number of benzene rings is 3. The topological polar surface area (TPSA) is 119 Å². The summed E-state index contributed by atoms with van der Waals surface area (Å²) in [6.45, 7) is 0.164. The van der Waals surface area contributed by atoms with Crippen molar-refractivity contribution < 1.29 is 27.6 Å². The van der Waals surface area contributed by atoms with Crippen molar-refractivity contribution in [3.8, 4) is 17.0 Å². The van der Waals surface area contributed by atoms with Gasteiger partial charge in [0.05, 0.1) is 32.5 Å². The smallest absolute Gasteiger partial charge is 0.264 e. The molecule has 0 atom stereocenters. The standard InChI is InChI=1S/C31H27Cl3N2O6S/c1-43(39,40)36-30(37)19-5-2-4-18(12-19)20-14-31(38,15-20)23-11-10-21(13-26(23)34)41-16-22-28(35-42-29(22)17-8-9-17)27-24(32)6-3-7-25(27)33/h2-7,10-13,17,20,38H,8-9,14-16H2,1H3,(H,36,37)/t20-,31-. The largest absolute Gasteiger partial charge is 0.489 e. The highest BCUT2D eigenvalue weighted by Gasteiger charge is 2.46. The molecule has 3 aromatic carbocycles. The number of ether oxygens (including phenoxy) is 1. The number of carbonyl (C=O) groups is 1. The predicted molar refractivity (Wildman–Crippen MR) is 164 cm³/mol. The van der Waals surface area contributed by atoms with Crippen LogP contribution in [0.4, 0.5) is 0 Å². The first-order valence-corrected chi connectivity index (χ1v) is 16.6. The van der Waals surface area contributed by atoms with Crippen molar-refractivity contribution in [2.75, 3.05) is 6.26 Å². The Morgan fingerprint density at radius 3 is 2.37 bits per heavy atom. The lowest BCUT2D eigenvalue weighted by Gasteiger charge is -2.45. The molecule has 8 nitrogen and oxygen atoms in total. The van der Waals surface area contributed by atoms with Gasteiger partial charge in [-0.15, -0.1) is 0 Å². The molecule has 12 heteroatoms. The summed E-state index contributed by atoms with van der Waals surface area (Å²) in [6.07, 6.45) is 3.72. The number of sulfonamides is 1. The van der Waals surface area contributed by atoms with E-state index in [1.54, 1.807) is 54.6 Å². The second-order valence-corrected chi connectivity index (χ2v) is 14.1. The third-order valence-corrected chi connectivity index (χ3v) is 9.36. The molecule has 0 saturated heterocycles. The fourth-order valence-electron chi connectivity index (χ4n) is 5.54. The van der Waals surface area contributed by atoms with Gasteiger partial charge in [-0.2, -0.15) is 0 Å². The number of hydrogen-bond donors (Lipinski definition) is 2. The molecule has 43 heavy (non-hydrogen) atoms. The normalized spacial score (nSPS) is 20.0. The number of hydrogen-bond acceptors (Lipinski definition) is 7. The lowest BCUT2D eigenvalue weighted by molar-refractivity contribution is -0.0549. The number of rotatable bonds is 9. The van der Waals surface area contributed by atoms with Crippen LogP contribution in [-0.2, 0) is 22.2 Å². The molecule has 0 aliphatic heterocycles. The molecule has 0 unspecified atom stereocenters. The van der Waals surface area contributed by atoms with Crippen LogP contribution in [0.1, 0.15) is 70.3 Å². The Kier molecular flexibility index (Phi) is 7.98. The lowest BCUT2D eigenvalue weighted by atomic mass is 9.65. The average Bonchev–Trinajstić information content (AvgIpc) is 3.69. The van der Waals surface area contributed by atoms with E-state index in [0.717, 1.165) is 36.0 Å². The number of aliphatic hydroxyl groups is 1. The molecule has 0 spiro atoms. The van der Waals surface area contributed by atoms with E-state index >= 15 is 0 Å². The average molecular weight is 662 g/mol. The van der Waals surface area contributed by atoms with Crippen LogP contribution in [-0.4, -0.2) is 30.8 Å². The van der Waals surface area contributed by atoms with E-state index < -0.39 is 21.5 Å². The highest BCUT2D eigenvalue weighted by molar-refractivity contribution is 7.89. The van der Waals surface area contributed by atoms with Gasteiger partial charge in [0.15, 0.2) is 0 Å². The van der Waals surface area contributed by atoms with Crippen LogP contribution in [0.15, 0.2) is 65.2 Å². The summed E-state index contributed by atoms with van der Waals surface area (Å²) in [7, 11) is -3.68. The van der Waals surface area contributed by atoms with E-state index in [2.05, 4.69) is 5.16 Å². The van der Waals surface area contributed by atoms with E-state index in [1.165, 1.54) is 0 Å². The minimum atomic E-state index is -3.68. The van der Waals surface area contributed by atoms with Gasteiger partial charge in [0.25, 0.3) is 5.91 Å². The van der Waals surface area contributed by atoms with Gasteiger partial charge in [0.2, 0.25) is 10.0 Å². The number of nitrogens with one attached hydrogen (secondary N) is 1. The fourth-order valence-corrected chi connectivity index (χ4v) is 6.92. The first kappa shape index (κ1) is 30.0. The Balaban J connectivity index is 1.16. The number of aromatic nitrogens is 1. The molecular formula is C31H27Cl3N2O6S. The van der Waals surface area contributed by atoms with Gasteiger partial charge in [-0.25, -0.2) is 13.1 Å². The van der Waals surface area contributed by atoms with E-state index in [-0.39, 0.29) is 24.0 Å². The number of nitrogens with zero attached hydrogens (tertiary/aromatic N) is 1. The number of carbonyl (C=O) groups excluding carboxylic acids is 1. The van der Waals surface area contributed by atoms with Crippen LogP contribution >= 0.6 is 34.8 Å². The Hall–Kier alpha value is -3.08. The second kappa shape index (κ2) is 11.4. The monoisotopic (exact) mass is 660 g/mol. The summed E-state index contributed by atoms with van der Waals surface area (Å²) >= 11 is 19.6. The fraction of sp³-hybridized carbons (Fsp3) is 0.290. The molecular weight excluding hydrogens is 635 g/mol. The molecule has 4 aromatic rings. The SMILES string of the molecule is CS(=O)(=O)NC(=O)c1cccc([C@H]2C[C@@](O)(c3ccc(OCc4c(-c5c(Cl)cccc5Cl)noc4C4CC4)cc3Cl)C2)c1. The van der Waals surface area contributed by atoms with Crippen molar-refractivity contribution in [3.63, 3.8) is 0 Å². The zero-order chi connectivity index (χ0) is 30.5. The van der Waals surface area contributed by atoms with Crippen LogP contribution in [0.2, 0.25) is 15.1 Å². The zero-order valence-corrected chi connectivity index (χ0v) is 26.0. The lowest BCUT2D eigenvalue weighted by Crippen LogP contribution is -2.40. The van der Waals surface area contributed by atoms with Gasteiger partial charge in [0, 0.05) is 22.6 Å². The van der Waals surface area contributed by atoms with E-state index in [9.17, 15) is 18.3 Å². The van der Waals surface area contributed by atoms with Gasteiger partial charge >= 0.3 is 0 Å². The second-order valence-electron chi connectivity index (χ2n) is 11.1. The summed E-state index contributed by atoms with van der Waals surface area (Å²) in [5.74, 6) is 0.823. The molecule has 1 amide bonds. The van der Waals surface area contributed by atoms with Gasteiger partial charge < -0.3 is 14.4 Å². The highest BCUT2D eigenvalue weighted by Crippen LogP contribution is 2.53. The summed E-state index contributed by atoms with van der Waals surface area (Å²) in [5, 5.41) is 17.0. The van der Waals surface area contributed by atoms with Crippen LogP contribution in [0.25, 0.3) is 11.3 Å². The summed E-state index contributed by atoms with van der Waals surface area (Å²) in [5.41, 5.74) is 2.41. The number of amides is 1. The van der Waals surface area contributed by atoms with Crippen molar-refractivity contribution >= 4 is 50.7 Å².